The molecule has 0 saturated heterocycles. The Balaban J connectivity index is 1.97. The summed E-state index contributed by atoms with van der Waals surface area (Å²) in [6.07, 6.45) is 0.301. The third kappa shape index (κ3) is 6.13. The van der Waals surface area contributed by atoms with Crippen molar-refractivity contribution < 1.29 is 14.3 Å². The van der Waals surface area contributed by atoms with Crippen LogP contribution >= 0.6 is 0 Å². The second-order valence-corrected chi connectivity index (χ2v) is 6.40. The third-order valence-corrected chi connectivity index (χ3v) is 4.55. The van der Waals surface area contributed by atoms with Gasteiger partial charge < -0.3 is 14.5 Å². The van der Waals surface area contributed by atoms with Gasteiger partial charge >= 0.3 is 0 Å². The molecule has 27 heavy (non-hydrogen) atoms. The van der Waals surface area contributed by atoms with Crippen molar-refractivity contribution in [3.05, 3.63) is 65.7 Å². The van der Waals surface area contributed by atoms with Crippen LogP contribution in [-0.4, -0.2) is 41.8 Å². The van der Waals surface area contributed by atoms with Crippen molar-refractivity contribution in [2.75, 3.05) is 20.2 Å². The molecule has 5 heteroatoms. The van der Waals surface area contributed by atoms with Gasteiger partial charge in [-0.3, -0.25) is 9.59 Å². The van der Waals surface area contributed by atoms with E-state index in [1.807, 2.05) is 66.4 Å². The van der Waals surface area contributed by atoms with Gasteiger partial charge in [0.15, 0.2) is 0 Å². The maximum absolute atomic E-state index is 12.6. The lowest BCUT2D eigenvalue weighted by atomic mass is 10.1. The largest absolute Gasteiger partial charge is 0.496 e. The Morgan fingerprint density at radius 2 is 1.59 bits per heavy atom. The van der Waals surface area contributed by atoms with E-state index in [2.05, 4.69) is 0 Å². The zero-order valence-electron chi connectivity index (χ0n) is 16.4. The fraction of sp³-hybridized carbons (Fsp3) is 0.364. The van der Waals surface area contributed by atoms with Crippen LogP contribution in [0.5, 0.6) is 5.75 Å². The summed E-state index contributed by atoms with van der Waals surface area (Å²) in [7, 11) is 1.61. The number of methoxy groups -OCH3 is 1. The average Bonchev–Trinajstić information content (AvgIpc) is 2.69. The number of para-hydroxylation sites is 1. The highest BCUT2D eigenvalue weighted by Crippen LogP contribution is 2.19. The van der Waals surface area contributed by atoms with E-state index in [1.54, 1.807) is 12.0 Å². The molecule has 0 bridgehead atoms. The number of hydrogen-bond donors (Lipinski definition) is 0. The molecule has 0 aromatic heterocycles. The molecule has 2 rings (SSSR count). The molecule has 0 heterocycles. The average molecular weight is 368 g/mol. The summed E-state index contributed by atoms with van der Waals surface area (Å²) >= 11 is 0. The van der Waals surface area contributed by atoms with Crippen molar-refractivity contribution in [2.24, 2.45) is 0 Å². The monoisotopic (exact) mass is 368 g/mol. The Kier molecular flexibility index (Phi) is 7.86. The standard InChI is InChI=1S/C22H28N2O3/c1-4-23(16-19-10-6-5-7-11-19)22(26)14-15-24(18(2)25)17-20-12-8-9-13-21(20)27-3/h5-13H,4,14-17H2,1-3H3. The van der Waals surface area contributed by atoms with Gasteiger partial charge in [0.1, 0.15) is 5.75 Å². The molecule has 0 unspecified atom stereocenters. The minimum Gasteiger partial charge on any atom is -0.496 e. The van der Waals surface area contributed by atoms with E-state index in [-0.39, 0.29) is 11.8 Å². The lowest BCUT2D eigenvalue weighted by Crippen LogP contribution is -2.35. The zero-order chi connectivity index (χ0) is 19.6. The summed E-state index contributed by atoms with van der Waals surface area (Å²) in [4.78, 5) is 28.2. The highest BCUT2D eigenvalue weighted by atomic mass is 16.5. The molecule has 0 aliphatic rings. The van der Waals surface area contributed by atoms with Gasteiger partial charge in [-0.15, -0.1) is 0 Å². The summed E-state index contributed by atoms with van der Waals surface area (Å²) in [5.74, 6) is 0.738. The van der Waals surface area contributed by atoms with Gasteiger partial charge in [-0.25, -0.2) is 0 Å². The Morgan fingerprint density at radius 1 is 0.926 bits per heavy atom. The number of ether oxygens (including phenoxy) is 1. The number of hydrogen-bond acceptors (Lipinski definition) is 3. The maximum atomic E-state index is 12.6. The summed E-state index contributed by atoms with van der Waals surface area (Å²) in [5.41, 5.74) is 2.03. The molecule has 0 N–H and O–H groups in total. The van der Waals surface area contributed by atoms with Crippen molar-refractivity contribution in [3.63, 3.8) is 0 Å². The molecular weight excluding hydrogens is 340 g/mol. The van der Waals surface area contributed by atoms with Crippen molar-refractivity contribution in [3.8, 4) is 5.75 Å². The summed E-state index contributed by atoms with van der Waals surface area (Å²) in [5, 5.41) is 0. The van der Waals surface area contributed by atoms with E-state index in [0.29, 0.717) is 32.6 Å². The van der Waals surface area contributed by atoms with E-state index in [1.165, 1.54) is 6.92 Å². The van der Waals surface area contributed by atoms with Gasteiger partial charge in [0.05, 0.1) is 7.11 Å². The van der Waals surface area contributed by atoms with Crippen LogP contribution < -0.4 is 4.74 Å². The smallest absolute Gasteiger partial charge is 0.224 e. The second-order valence-electron chi connectivity index (χ2n) is 6.40. The van der Waals surface area contributed by atoms with Crippen LogP contribution in [0.2, 0.25) is 0 Å². The third-order valence-electron chi connectivity index (χ3n) is 4.55. The van der Waals surface area contributed by atoms with Crippen molar-refractivity contribution >= 4 is 11.8 Å². The predicted molar refractivity (Wildman–Crippen MR) is 106 cm³/mol. The predicted octanol–water partition coefficient (Wildman–Crippen LogP) is 3.48. The quantitative estimate of drug-likeness (QED) is 0.681. The first-order chi connectivity index (χ1) is 13.0. The SMILES string of the molecule is CCN(Cc1ccccc1)C(=O)CCN(Cc1ccccc1OC)C(C)=O. The number of rotatable bonds is 9. The molecule has 144 valence electrons. The highest BCUT2D eigenvalue weighted by molar-refractivity contribution is 5.78. The van der Waals surface area contributed by atoms with E-state index in [9.17, 15) is 9.59 Å². The Hall–Kier alpha value is -2.82. The number of amides is 2. The molecule has 2 aromatic carbocycles. The van der Waals surface area contributed by atoms with Crippen LogP contribution in [-0.2, 0) is 22.7 Å². The van der Waals surface area contributed by atoms with Crippen molar-refractivity contribution in [1.29, 1.82) is 0 Å². The Morgan fingerprint density at radius 3 is 2.22 bits per heavy atom. The fourth-order valence-electron chi connectivity index (χ4n) is 2.96. The molecule has 0 aliphatic carbocycles. The Bertz CT molecular complexity index is 746. The first kappa shape index (κ1) is 20.5. The molecule has 0 aliphatic heterocycles. The van der Waals surface area contributed by atoms with Crippen LogP contribution in [0.25, 0.3) is 0 Å². The maximum Gasteiger partial charge on any atom is 0.224 e. The first-order valence-corrected chi connectivity index (χ1v) is 9.24. The molecule has 2 aromatic rings. The van der Waals surface area contributed by atoms with Crippen LogP contribution in [0.3, 0.4) is 0 Å². The molecule has 0 fully saturated rings. The summed E-state index contributed by atoms with van der Waals surface area (Å²) in [6, 6.07) is 17.6. The van der Waals surface area contributed by atoms with Crippen LogP contribution in [0.4, 0.5) is 0 Å². The van der Waals surface area contributed by atoms with E-state index >= 15 is 0 Å². The van der Waals surface area contributed by atoms with Gasteiger partial charge in [-0.05, 0) is 18.6 Å². The number of carbonyl (C=O) groups is 2. The fourth-order valence-corrected chi connectivity index (χ4v) is 2.96. The molecular formula is C22H28N2O3. The minimum absolute atomic E-state index is 0.0487. The molecule has 0 spiro atoms. The molecule has 2 amide bonds. The molecule has 5 nitrogen and oxygen atoms in total. The lowest BCUT2D eigenvalue weighted by molar-refractivity contribution is -0.134. The van der Waals surface area contributed by atoms with Crippen LogP contribution in [0.1, 0.15) is 31.4 Å². The molecule has 0 saturated carbocycles. The number of nitrogens with zero attached hydrogens (tertiary/aromatic N) is 2. The van der Waals surface area contributed by atoms with Crippen molar-refractivity contribution in [1.82, 2.24) is 9.80 Å². The molecule has 0 radical (unpaired) electrons. The van der Waals surface area contributed by atoms with Gasteiger partial charge in [0, 0.05) is 45.1 Å². The van der Waals surface area contributed by atoms with E-state index in [0.717, 1.165) is 16.9 Å². The van der Waals surface area contributed by atoms with Gasteiger partial charge in [-0.1, -0.05) is 48.5 Å². The second kappa shape index (κ2) is 10.4. The first-order valence-electron chi connectivity index (χ1n) is 9.24. The van der Waals surface area contributed by atoms with Gasteiger partial charge in [0.25, 0.3) is 0 Å². The lowest BCUT2D eigenvalue weighted by Gasteiger charge is -2.25. The zero-order valence-corrected chi connectivity index (χ0v) is 16.4. The normalized spacial score (nSPS) is 10.3. The number of carbonyl (C=O) groups excluding carboxylic acids is 2. The van der Waals surface area contributed by atoms with Crippen LogP contribution in [0.15, 0.2) is 54.6 Å². The summed E-state index contributed by atoms with van der Waals surface area (Å²) in [6.45, 7) is 5.54. The summed E-state index contributed by atoms with van der Waals surface area (Å²) < 4.78 is 5.36. The van der Waals surface area contributed by atoms with E-state index < -0.39 is 0 Å². The topological polar surface area (TPSA) is 49.9 Å². The van der Waals surface area contributed by atoms with Crippen molar-refractivity contribution in [2.45, 2.75) is 33.4 Å². The highest BCUT2D eigenvalue weighted by Gasteiger charge is 2.17. The van der Waals surface area contributed by atoms with Crippen LogP contribution in [0, 0.1) is 0 Å². The molecule has 0 atom stereocenters. The number of benzene rings is 2. The Labute approximate surface area is 161 Å². The minimum atomic E-state index is -0.0557. The van der Waals surface area contributed by atoms with Gasteiger partial charge in [0.2, 0.25) is 11.8 Å². The van der Waals surface area contributed by atoms with Gasteiger partial charge in [-0.2, -0.15) is 0 Å². The van der Waals surface area contributed by atoms with E-state index in [4.69, 9.17) is 4.74 Å².